The third-order valence-corrected chi connectivity index (χ3v) is 22.3. The van der Waals surface area contributed by atoms with Crippen molar-refractivity contribution in [2.45, 2.75) is 275 Å². The Hall–Kier alpha value is -4.33. The number of hydrogen-bond donors (Lipinski definition) is 7. The minimum atomic E-state index is -1.84. The number of aliphatic hydroxyl groups excluding tert-OH is 6. The van der Waals surface area contributed by atoms with Crippen LogP contribution in [0.3, 0.4) is 0 Å². The van der Waals surface area contributed by atoms with E-state index in [9.17, 15) is 50.3 Å². The first-order valence-electron chi connectivity index (χ1n) is 33.2. The maximum atomic E-state index is 15.7. The second-order valence-electron chi connectivity index (χ2n) is 28.6. The molecule has 4 aliphatic carbocycles. The van der Waals surface area contributed by atoms with Crippen molar-refractivity contribution in [2.75, 3.05) is 20.8 Å². The molecule has 1 amide bonds. The fraction of sp³-hybridized carbons (Fsp3) is 0.806. The van der Waals surface area contributed by atoms with Crippen LogP contribution in [0.1, 0.15) is 134 Å². The van der Waals surface area contributed by atoms with Crippen molar-refractivity contribution in [1.82, 2.24) is 5.32 Å². The molecule has 6 heterocycles. The molecular formula is C67H100N2O24. The lowest BCUT2D eigenvalue weighted by Crippen LogP contribution is -2.65. The average Bonchev–Trinajstić information content (AvgIpc) is 1.70. The van der Waals surface area contributed by atoms with E-state index in [0.29, 0.717) is 17.6 Å². The van der Waals surface area contributed by atoms with Crippen LogP contribution in [0.5, 0.6) is 0 Å². The van der Waals surface area contributed by atoms with E-state index in [1.807, 2.05) is 32.9 Å². The maximum absolute atomic E-state index is 15.7. The number of nitrogens with zero attached hydrogens (tertiary/aromatic N) is 1. The Morgan fingerprint density at radius 3 is 1.92 bits per heavy atom. The van der Waals surface area contributed by atoms with E-state index in [0.717, 1.165) is 12.7 Å². The molecule has 0 unspecified atom stereocenters. The summed E-state index contributed by atoms with van der Waals surface area (Å²) in [5.74, 6) is -5.33. The summed E-state index contributed by atoms with van der Waals surface area (Å²) in [6.07, 6.45) is -8.05. The molecule has 93 heavy (non-hydrogen) atoms. The Bertz CT molecular complexity index is 2880. The molecule has 7 N–H and O–H groups in total. The number of nitrogens with one attached hydrogen (secondary N) is 1. The Morgan fingerprint density at radius 2 is 1.28 bits per heavy atom. The summed E-state index contributed by atoms with van der Waals surface area (Å²) >= 11 is 0. The molecule has 10 aliphatic rings. The lowest BCUT2D eigenvalue weighted by atomic mass is 9.49. The topological polar surface area (TPSA) is 348 Å². The van der Waals surface area contributed by atoms with Crippen LogP contribution >= 0.6 is 0 Å². The normalized spacial score (nSPS) is 49.1. The highest BCUT2D eigenvalue weighted by atomic mass is 16.8. The number of aliphatic hydroxyl groups is 6. The SMILES string of the molecule is COC(=O)N[C@H]1[C@@H](C)O[C@@H](O[C@H]2C/C=C(/C)[C@@H]3C=C[C@@H]4[C@@H](O[C@H]5C[C@@H](O[C@H]6C[C@@H](O[C@H]7C[C@@H](O)[C@@H](O)[C@H](C)O7)[C@@H](O[C@@H]7C[C@@H](O)[C@@H](OC)[C@H](C)O7)[C@H](C)O6)[C@@H](O)[C@H](C)O5)[C@@H](C)C[C@H](C)[C@H]4[C@]3(C)C(O)=C3C(=O)O[C@]4(C[C@@H](C)C(CO)=C[C@H]4/C=C/2C)C3=O)C[C@]1(C)[N+](=O)[O-]. The van der Waals surface area contributed by atoms with E-state index in [2.05, 4.69) is 25.2 Å². The van der Waals surface area contributed by atoms with E-state index in [1.54, 1.807) is 53.7 Å². The number of amides is 1. The van der Waals surface area contributed by atoms with Gasteiger partial charge in [0.25, 0.3) is 0 Å². The van der Waals surface area contributed by atoms with Crippen LogP contribution in [-0.4, -0.2) is 214 Å². The van der Waals surface area contributed by atoms with Crippen molar-refractivity contribution >= 4 is 17.8 Å². The Labute approximate surface area is 543 Å². The molecule has 26 heteroatoms. The van der Waals surface area contributed by atoms with Gasteiger partial charge in [-0.1, -0.05) is 63.6 Å². The van der Waals surface area contributed by atoms with E-state index in [1.165, 1.54) is 14.0 Å². The van der Waals surface area contributed by atoms with Crippen LogP contribution in [-0.2, 0) is 71.2 Å². The Morgan fingerprint density at radius 1 is 0.688 bits per heavy atom. The molecule has 0 aromatic heterocycles. The first kappa shape index (κ1) is 71.4. The molecule has 26 nitrogen and oxygen atoms in total. The number of nitro groups is 1. The predicted molar refractivity (Wildman–Crippen MR) is 327 cm³/mol. The summed E-state index contributed by atoms with van der Waals surface area (Å²) in [6, 6.07) is -1.09. The second kappa shape index (κ2) is 28.3. The average molecular weight is 1320 g/mol. The Kier molecular flexibility index (Phi) is 21.7. The number of rotatable bonds is 14. The molecule has 6 saturated heterocycles. The number of alkyl carbamates (subject to hydrolysis) is 1. The maximum Gasteiger partial charge on any atom is 0.407 e. The number of hydrogen-bond acceptors (Lipinski definition) is 24. The van der Waals surface area contributed by atoms with Gasteiger partial charge in [0.1, 0.15) is 41.8 Å². The van der Waals surface area contributed by atoms with Crippen molar-refractivity contribution < 1.29 is 112 Å². The van der Waals surface area contributed by atoms with Gasteiger partial charge in [-0.3, -0.25) is 14.9 Å². The van der Waals surface area contributed by atoms with Gasteiger partial charge in [-0.2, -0.15) is 0 Å². The molecule has 1 saturated carbocycles. The summed E-state index contributed by atoms with van der Waals surface area (Å²) in [6.45, 7) is 21.2. The lowest BCUT2D eigenvalue weighted by Gasteiger charge is -2.56. The number of Topliss-reactive ketones (excluding diaryl/α,β-unsaturated/α-hetero) is 1. The van der Waals surface area contributed by atoms with Gasteiger partial charge in [0.15, 0.2) is 37.1 Å². The van der Waals surface area contributed by atoms with Gasteiger partial charge in [-0.05, 0) is 96.1 Å². The summed E-state index contributed by atoms with van der Waals surface area (Å²) in [5, 5.41) is 83.6. The minimum Gasteiger partial charge on any atom is -0.511 e. The van der Waals surface area contributed by atoms with Crippen LogP contribution in [0.15, 0.2) is 58.4 Å². The highest BCUT2D eigenvalue weighted by Crippen LogP contribution is 2.61. The van der Waals surface area contributed by atoms with E-state index >= 15 is 4.79 Å². The first-order chi connectivity index (χ1) is 43.9. The van der Waals surface area contributed by atoms with Crippen molar-refractivity contribution in [2.24, 2.45) is 46.8 Å². The summed E-state index contributed by atoms with van der Waals surface area (Å²) in [4.78, 5) is 55.4. The van der Waals surface area contributed by atoms with Crippen LogP contribution in [0.4, 0.5) is 4.79 Å². The molecular weight excluding hydrogens is 1220 g/mol. The van der Waals surface area contributed by atoms with Crippen LogP contribution in [0.25, 0.3) is 0 Å². The molecule has 522 valence electrons. The van der Waals surface area contributed by atoms with Crippen LogP contribution in [0.2, 0.25) is 0 Å². The fourth-order valence-corrected chi connectivity index (χ4v) is 17.2. The van der Waals surface area contributed by atoms with E-state index in [4.69, 9.17) is 61.6 Å². The number of esters is 1. The monoisotopic (exact) mass is 1320 g/mol. The standard InChI is InChI=1S/C67H100N2O24/c1-29-15-18-45(88-52-27-65(11,69(79)80)60(38(10)87-52)68-64(78)82-14)30(2)20-40-21-39(28-70)33(5)26-67(40)62(76)53(63(77)93-67)61(75)66(12)42(29)17-16-41-54(66)31(3)19-32(4)57(41)91-51-24-46(56(74)35(7)84-51)89-50-25-47(90-48-22-43(71)55(73)34(6)83-48)59(37(9)86-50)92-49-23-44(72)58(81-13)36(8)85-49/h15-17,20-21,31-38,40-52,54-60,70-75H,18-19,22-28H2,1-14H3,(H,68,78)/b29-15-,30-20+,61-53?/t31-,32-,33+,34-,35-,36-,37-,38+,40+,41-,42-,43+,44+,45-,46+,47+,48-,49+,50-,51-,52-,54+,55-,56-,57-,58-,59-,60-,65-,66+,67-/m0/s1. The molecule has 2 bridgehead atoms. The highest BCUT2D eigenvalue weighted by molar-refractivity contribution is 6.26. The van der Waals surface area contributed by atoms with Gasteiger partial charge in [0.2, 0.25) is 11.3 Å². The summed E-state index contributed by atoms with van der Waals surface area (Å²) < 4.78 is 82.0. The fourth-order valence-electron chi connectivity index (χ4n) is 17.2. The number of allylic oxidation sites excluding steroid dienone is 3. The summed E-state index contributed by atoms with van der Waals surface area (Å²) in [7, 11) is 2.66. The Balaban J connectivity index is 0.943. The second-order valence-corrected chi connectivity index (χ2v) is 28.6. The van der Waals surface area contributed by atoms with Gasteiger partial charge < -0.3 is 97.5 Å². The molecule has 0 aromatic carbocycles. The third-order valence-electron chi connectivity index (χ3n) is 22.3. The van der Waals surface area contributed by atoms with Gasteiger partial charge in [-0.25, -0.2) is 9.59 Å². The van der Waals surface area contributed by atoms with E-state index < -0.39 is 209 Å². The number of carbonyl (C=O) groups is 3. The van der Waals surface area contributed by atoms with Crippen LogP contribution in [0, 0.1) is 57.0 Å². The van der Waals surface area contributed by atoms with E-state index in [-0.39, 0.29) is 63.4 Å². The zero-order valence-electron chi connectivity index (χ0n) is 55.9. The molecule has 0 radical (unpaired) electrons. The number of fused-ring (bicyclic) bond motifs is 4. The number of methoxy groups -OCH3 is 2. The molecule has 1 spiro atoms. The molecule has 7 fully saturated rings. The molecule has 0 aromatic rings. The van der Waals surface area contributed by atoms with Crippen molar-refractivity contribution in [3.63, 3.8) is 0 Å². The third kappa shape index (κ3) is 13.7. The summed E-state index contributed by atoms with van der Waals surface area (Å²) in [5.41, 5.74) is -3.49. The van der Waals surface area contributed by atoms with Crippen molar-refractivity contribution in [1.29, 1.82) is 0 Å². The van der Waals surface area contributed by atoms with Gasteiger partial charge in [0.05, 0.1) is 87.3 Å². The highest BCUT2D eigenvalue weighted by Gasteiger charge is 2.64. The number of ketones is 1. The first-order valence-corrected chi connectivity index (χ1v) is 33.2. The lowest BCUT2D eigenvalue weighted by molar-refractivity contribution is -0.584. The smallest absolute Gasteiger partial charge is 0.407 e. The minimum absolute atomic E-state index is 0.00999. The van der Waals surface area contributed by atoms with Crippen LogP contribution < -0.4 is 5.32 Å². The van der Waals surface area contributed by atoms with Gasteiger partial charge in [0, 0.05) is 74.2 Å². The zero-order valence-corrected chi connectivity index (χ0v) is 55.9. The van der Waals surface area contributed by atoms with Crippen molar-refractivity contribution in [3.8, 4) is 0 Å². The quantitative estimate of drug-likeness (QED) is 0.0373. The van der Waals surface area contributed by atoms with Gasteiger partial charge >= 0.3 is 12.1 Å². The van der Waals surface area contributed by atoms with Gasteiger partial charge in [-0.15, -0.1) is 0 Å². The van der Waals surface area contributed by atoms with Crippen molar-refractivity contribution in [3.05, 3.63) is 68.5 Å². The largest absolute Gasteiger partial charge is 0.511 e. The molecule has 6 aliphatic heterocycles. The molecule has 31 atom stereocenters. The predicted octanol–water partition coefficient (Wildman–Crippen LogP) is 5.45. The number of ether oxygens (including phenoxy) is 13. The zero-order chi connectivity index (χ0) is 67.7. The number of carbonyl (C=O) groups excluding carboxylic acids is 3. The molecule has 10 rings (SSSR count).